The summed E-state index contributed by atoms with van der Waals surface area (Å²) in [6.45, 7) is 2.10. The Morgan fingerprint density at radius 1 is 1.24 bits per heavy atom. The van der Waals surface area contributed by atoms with Gasteiger partial charge >= 0.3 is 0 Å². The summed E-state index contributed by atoms with van der Waals surface area (Å²) in [5.41, 5.74) is 8.41. The van der Waals surface area contributed by atoms with Crippen LogP contribution in [0.5, 0.6) is 0 Å². The minimum atomic E-state index is -0.603. The van der Waals surface area contributed by atoms with Crippen molar-refractivity contribution in [1.29, 1.82) is 0 Å². The molecule has 0 fully saturated rings. The van der Waals surface area contributed by atoms with E-state index in [1.165, 1.54) is 5.56 Å². The molecule has 1 unspecified atom stereocenters. The van der Waals surface area contributed by atoms with Crippen LogP contribution in [0.25, 0.3) is 11.5 Å². The number of carbonyl (C=O) groups is 1. The second-order valence-corrected chi connectivity index (χ2v) is 7.35. The number of hydrogen-bond donors (Lipinski definition) is 1. The molecular formula is C18H16BrN3O2S. The first-order valence-corrected chi connectivity index (χ1v) is 9.38. The number of nitrogens with zero attached hydrogens (tertiary/aromatic N) is 2. The molecule has 2 N–H and O–H groups in total. The number of nitrogens with two attached hydrogens (primary N) is 1. The van der Waals surface area contributed by atoms with Crippen LogP contribution >= 0.6 is 27.7 Å². The van der Waals surface area contributed by atoms with E-state index in [4.69, 9.17) is 10.2 Å². The van der Waals surface area contributed by atoms with Gasteiger partial charge in [0.25, 0.3) is 5.22 Å². The van der Waals surface area contributed by atoms with Gasteiger partial charge in [0.1, 0.15) is 5.25 Å². The van der Waals surface area contributed by atoms with Gasteiger partial charge in [0, 0.05) is 10.0 Å². The van der Waals surface area contributed by atoms with Crippen LogP contribution in [0.3, 0.4) is 0 Å². The van der Waals surface area contributed by atoms with E-state index in [-0.39, 0.29) is 0 Å². The molecule has 25 heavy (non-hydrogen) atoms. The molecule has 1 aromatic heterocycles. The maximum atomic E-state index is 11.9. The summed E-state index contributed by atoms with van der Waals surface area (Å²) in [6, 6.07) is 15.4. The topological polar surface area (TPSA) is 82.0 Å². The highest BCUT2D eigenvalue weighted by Crippen LogP contribution is 2.36. The molecule has 5 nitrogen and oxygen atoms in total. The van der Waals surface area contributed by atoms with Gasteiger partial charge in [-0.05, 0) is 53.6 Å². The third kappa shape index (κ3) is 4.29. The molecule has 0 radical (unpaired) electrons. The van der Waals surface area contributed by atoms with Gasteiger partial charge in [0.05, 0.1) is 0 Å². The number of aryl methyl sites for hydroxylation is 1. The number of aromatic nitrogens is 2. The summed E-state index contributed by atoms with van der Waals surface area (Å²) in [4.78, 5) is 11.9. The van der Waals surface area contributed by atoms with Crippen LogP contribution in [0.4, 0.5) is 0 Å². The molecule has 1 amide bonds. The first-order chi connectivity index (χ1) is 12.1. The number of halogens is 1. The lowest BCUT2D eigenvalue weighted by atomic mass is 10.1. The normalized spacial score (nSPS) is 12.1. The van der Waals surface area contributed by atoms with Crippen LogP contribution in [0.1, 0.15) is 23.3 Å². The SMILES string of the molecule is CCc1ccc(-c2nnc(SC(C(N)=O)c3cccc(Br)c3)o2)cc1. The summed E-state index contributed by atoms with van der Waals surface area (Å²) in [5, 5.41) is 7.80. The Hall–Kier alpha value is -2.12. The smallest absolute Gasteiger partial charge is 0.277 e. The Morgan fingerprint density at radius 2 is 2.00 bits per heavy atom. The molecule has 2 aromatic carbocycles. The van der Waals surface area contributed by atoms with E-state index in [9.17, 15) is 4.79 Å². The van der Waals surface area contributed by atoms with E-state index in [1.807, 2.05) is 48.5 Å². The average Bonchev–Trinajstić information content (AvgIpc) is 3.08. The van der Waals surface area contributed by atoms with Crippen molar-refractivity contribution in [2.45, 2.75) is 23.8 Å². The zero-order valence-corrected chi connectivity index (χ0v) is 15.9. The minimum Gasteiger partial charge on any atom is -0.411 e. The van der Waals surface area contributed by atoms with Gasteiger partial charge < -0.3 is 10.2 Å². The van der Waals surface area contributed by atoms with Gasteiger partial charge in [-0.15, -0.1) is 10.2 Å². The zero-order valence-electron chi connectivity index (χ0n) is 13.5. The Kier molecular flexibility index (Phi) is 5.55. The predicted molar refractivity (Wildman–Crippen MR) is 101 cm³/mol. The Labute approximate surface area is 158 Å². The molecule has 0 aliphatic heterocycles. The van der Waals surface area contributed by atoms with Crippen molar-refractivity contribution >= 4 is 33.6 Å². The first kappa shape index (κ1) is 17.7. The van der Waals surface area contributed by atoms with Crippen LogP contribution < -0.4 is 5.73 Å². The molecule has 3 aromatic rings. The van der Waals surface area contributed by atoms with Crippen LogP contribution in [-0.4, -0.2) is 16.1 Å². The fraction of sp³-hybridized carbons (Fsp3) is 0.167. The van der Waals surface area contributed by atoms with Crippen molar-refractivity contribution in [2.75, 3.05) is 0 Å². The summed E-state index contributed by atoms with van der Waals surface area (Å²) in [7, 11) is 0. The molecule has 3 rings (SSSR count). The van der Waals surface area contributed by atoms with E-state index in [2.05, 4.69) is 33.1 Å². The second-order valence-electron chi connectivity index (χ2n) is 5.38. The van der Waals surface area contributed by atoms with Gasteiger partial charge in [-0.1, -0.05) is 47.1 Å². The first-order valence-electron chi connectivity index (χ1n) is 7.71. The van der Waals surface area contributed by atoms with Crippen molar-refractivity contribution in [3.63, 3.8) is 0 Å². The fourth-order valence-corrected chi connectivity index (χ4v) is 3.55. The highest BCUT2D eigenvalue weighted by molar-refractivity contribution is 9.10. The Balaban J connectivity index is 1.82. The third-order valence-corrected chi connectivity index (χ3v) is 5.24. The summed E-state index contributed by atoms with van der Waals surface area (Å²) in [6.07, 6.45) is 0.970. The number of primary amides is 1. The van der Waals surface area contributed by atoms with Gasteiger partial charge in [-0.3, -0.25) is 4.79 Å². The summed E-state index contributed by atoms with van der Waals surface area (Å²) >= 11 is 4.54. The largest absolute Gasteiger partial charge is 0.411 e. The number of rotatable bonds is 6. The van der Waals surface area contributed by atoms with E-state index in [0.717, 1.165) is 33.8 Å². The molecule has 1 heterocycles. The van der Waals surface area contributed by atoms with Crippen molar-refractivity contribution in [2.24, 2.45) is 5.73 Å². The van der Waals surface area contributed by atoms with Crippen molar-refractivity contribution in [3.05, 3.63) is 64.1 Å². The Bertz CT molecular complexity index is 880. The molecule has 0 bridgehead atoms. The molecule has 0 saturated carbocycles. The van der Waals surface area contributed by atoms with Crippen LogP contribution in [0.15, 0.2) is 62.6 Å². The lowest BCUT2D eigenvalue weighted by Gasteiger charge is -2.11. The second kappa shape index (κ2) is 7.84. The lowest BCUT2D eigenvalue weighted by molar-refractivity contribution is -0.117. The molecule has 0 aliphatic rings. The molecule has 0 spiro atoms. The van der Waals surface area contributed by atoms with E-state index >= 15 is 0 Å². The maximum Gasteiger partial charge on any atom is 0.277 e. The predicted octanol–water partition coefficient (Wildman–Crippen LogP) is 4.38. The molecule has 0 aliphatic carbocycles. The van der Waals surface area contributed by atoms with Crippen LogP contribution in [0, 0.1) is 0 Å². The van der Waals surface area contributed by atoms with Gasteiger partial charge in [-0.2, -0.15) is 0 Å². The van der Waals surface area contributed by atoms with Gasteiger partial charge in [-0.25, -0.2) is 0 Å². The van der Waals surface area contributed by atoms with Gasteiger partial charge in [0.2, 0.25) is 11.8 Å². The highest BCUT2D eigenvalue weighted by atomic mass is 79.9. The quantitative estimate of drug-likeness (QED) is 0.601. The number of thioether (sulfide) groups is 1. The highest BCUT2D eigenvalue weighted by Gasteiger charge is 2.23. The van der Waals surface area contributed by atoms with E-state index in [1.54, 1.807) is 0 Å². The number of benzene rings is 2. The summed E-state index contributed by atoms with van der Waals surface area (Å²) < 4.78 is 6.57. The molecule has 1 atom stereocenters. The number of hydrogen-bond acceptors (Lipinski definition) is 5. The fourth-order valence-electron chi connectivity index (χ4n) is 2.32. The number of amides is 1. The third-order valence-electron chi connectivity index (χ3n) is 3.64. The summed E-state index contributed by atoms with van der Waals surface area (Å²) in [5.74, 6) is -0.0437. The van der Waals surface area contributed by atoms with E-state index < -0.39 is 11.2 Å². The average molecular weight is 418 g/mol. The molecule has 0 saturated heterocycles. The van der Waals surface area contributed by atoms with Crippen molar-refractivity contribution in [1.82, 2.24) is 10.2 Å². The van der Waals surface area contributed by atoms with Gasteiger partial charge in [0.15, 0.2) is 0 Å². The molecule has 7 heteroatoms. The Morgan fingerprint density at radius 3 is 2.64 bits per heavy atom. The van der Waals surface area contributed by atoms with Crippen LogP contribution in [-0.2, 0) is 11.2 Å². The minimum absolute atomic E-state index is 0.304. The monoisotopic (exact) mass is 417 g/mol. The molecule has 128 valence electrons. The standard InChI is InChI=1S/C18H16BrN3O2S/c1-2-11-6-8-12(9-7-11)17-21-22-18(24-17)25-15(16(20)23)13-4-3-5-14(19)10-13/h3-10,15H,2H2,1H3,(H2,20,23). The lowest BCUT2D eigenvalue weighted by Crippen LogP contribution is -2.18. The van der Waals surface area contributed by atoms with Crippen LogP contribution in [0.2, 0.25) is 0 Å². The zero-order chi connectivity index (χ0) is 17.8. The van der Waals surface area contributed by atoms with E-state index in [0.29, 0.717) is 11.1 Å². The van der Waals surface area contributed by atoms with Crippen molar-refractivity contribution in [3.8, 4) is 11.5 Å². The molecular weight excluding hydrogens is 402 g/mol. The number of carbonyl (C=O) groups excluding carboxylic acids is 1. The van der Waals surface area contributed by atoms with Crippen molar-refractivity contribution < 1.29 is 9.21 Å². The maximum absolute atomic E-state index is 11.9.